The Kier molecular flexibility index (Phi) is 5.93. The molecule has 0 unspecified atom stereocenters. The van der Waals surface area contributed by atoms with Crippen molar-refractivity contribution in [2.75, 3.05) is 18.6 Å². The Balaban J connectivity index is 1.94. The average Bonchev–Trinajstić information content (AvgIpc) is 2.93. The number of methoxy groups -OCH3 is 1. The molecule has 2 aromatic carbocycles. The highest BCUT2D eigenvalue weighted by molar-refractivity contribution is 9.10. The fraction of sp³-hybridized carbons (Fsp3) is 0.100. The molecule has 0 saturated carbocycles. The third kappa shape index (κ3) is 3.98. The number of hydrogen-bond acceptors (Lipinski definition) is 4. The molecule has 0 radical (unpaired) electrons. The van der Waals surface area contributed by atoms with E-state index in [0.717, 1.165) is 4.90 Å². The minimum absolute atomic E-state index is 0.0819. The van der Waals surface area contributed by atoms with Crippen LogP contribution in [0.15, 0.2) is 46.6 Å². The predicted molar refractivity (Wildman–Crippen MR) is 110 cm³/mol. The van der Waals surface area contributed by atoms with Gasteiger partial charge >= 0.3 is 6.03 Å². The summed E-state index contributed by atoms with van der Waals surface area (Å²) in [4.78, 5) is 26.0. The molecular formula is C20H14BrClN2O4. The second kappa shape index (κ2) is 8.38. The van der Waals surface area contributed by atoms with Gasteiger partial charge in [0.25, 0.3) is 5.91 Å². The summed E-state index contributed by atoms with van der Waals surface area (Å²) in [6.45, 7) is 0.0819. The van der Waals surface area contributed by atoms with Gasteiger partial charge in [0.05, 0.1) is 17.3 Å². The molecule has 0 aliphatic carbocycles. The number of benzene rings is 2. The number of imide groups is 1. The van der Waals surface area contributed by atoms with Crippen LogP contribution in [-0.4, -0.2) is 25.7 Å². The van der Waals surface area contributed by atoms with Gasteiger partial charge in [0, 0.05) is 5.02 Å². The Bertz CT molecular complexity index is 1030. The monoisotopic (exact) mass is 460 g/mol. The van der Waals surface area contributed by atoms with E-state index in [9.17, 15) is 9.59 Å². The molecule has 0 spiro atoms. The normalized spacial score (nSPS) is 14.8. The first-order chi connectivity index (χ1) is 13.4. The summed E-state index contributed by atoms with van der Waals surface area (Å²) in [5, 5.41) is 2.99. The van der Waals surface area contributed by atoms with Crippen LogP contribution in [0.2, 0.25) is 5.02 Å². The van der Waals surface area contributed by atoms with Crippen LogP contribution in [0.1, 0.15) is 5.56 Å². The van der Waals surface area contributed by atoms with Crippen molar-refractivity contribution in [3.63, 3.8) is 0 Å². The number of rotatable bonds is 5. The average molecular weight is 462 g/mol. The highest BCUT2D eigenvalue weighted by Gasteiger charge is 2.35. The van der Waals surface area contributed by atoms with E-state index in [4.69, 9.17) is 27.5 Å². The lowest BCUT2D eigenvalue weighted by atomic mass is 10.1. The number of terminal acetylenes is 1. The molecule has 1 saturated heterocycles. The summed E-state index contributed by atoms with van der Waals surface area (Å²) in [5.74, 6) is 2.77. The zero-order chi connectivity index (χ0) is 20.3. The van der Waals surface area contributed by atoms with Gasteiger partial charge in [-0.1, -0.05) is 23.6 Å². The van der Waals surface area contributed by atoms with E-state index in [1.165, 1.54) is 7.11 Å². The molecule has 1 aliphatic rings. The summed E-state index contributed by atoms with van der Waals surface area (Å²) in [5.41, 5.74) is 1.12. The molecule has 1 N–H and O–H groups in total. The zero-order valence-electron chi connectivity index (χ0n) is 14.7. The lowest BCUT2D eigenvalue weighted by Crippen LogP contribution is -2.30. The first kappa shape index (κ1) is 19.8. The predicted octanol–water partition coefficient (Wildman–Crippen LogP) is 4.22. The van der Waals surface area contributed by atoms with Gasteiger partial charge in [0.2, 0.25) is 0 Å². The van der Waals surface area contributed by atoms with Crippen LogP contribution < -0.4 is 19.7 Å². The number of nitrogens with one attached hydrogen (secondary N) is 1. The third-order valence-electron chi connectivity index (χ3n) is 3.81. The van der Waals surface area contributed by atoms with Crippen molar-refractivity contribution in [1.82, 2.24) is 5.32 Å². The fourth-order valence-electron chi connectivity index (χ4n) is 2.63. The highest BCUT2D eigenvalue weighted by atomic mass is 79.9. The molecule has 3 rings (SSSR count). The minimum atomic E-state index is -0.557. The molecule has 2 aromatic rings. The van der Waals surface area contributed by atoms with Gasteiger partial charge in [-0.2, -0.15) is 0 Å². The van der Waals surface area contributed by atoms with Crippen LogP contribution in [0.3, 0.4) is 0 Å². The number of urea groups is 1. The van der Waals surface area contributed by atoms with Gasteiger partial charge in [0.1, 0.15) is 12.3 Å². The Morgan fingerprint density at radius 1 is 1.32 bits per heavy atom. The van der Waals surface area contributed by atoms with Crippen molar-refractivity contribution >= 4 is 51.2 Å². The number of carbonyl (C=O) groups is 2. The lowest BCUT2D eigenvalue weighted by Gasteiger charge is -2.12. The van der Waals surface area contributed by atoms with Crippen molar-refractivity contribution in [3.05, 3.63) is 57.2 Å². The number of anilines is 1. The van der Waals surface area contributed by atoms with Gasteiger partial charge in [-0.25, -0.2) is 9.69 Å². The van der Waals surface area contributed by atoms with Crippen LogP contribution in [0.25, 0.3) is 6.08 Å². The molecule has 0 aromatic heterocycles. The van der Waals surface area contributed by atoms with E-state index < -0.39 is 11.9 Å². The largest absolute Gasteiger partial charge is 0.493 e. The van der Waals surface area contributed by atoms with Gasteiger partial charge in [-0.15, -0.1) is 6.42 Å². The van der Waals surface area contributed by atoms with Crippen LogP contribution in [0, 0.1) is 12.3 Å². The number of carbonyl (C=O) groups excluding carboxylic acids is 2. The van der Waals surface area contributed by atoms with Gasteiger partial charge in [-0.3, -0.25) is 4.79 Å². The van der Waals surface area contributed by atoms with Crippen molar-refractivity contribution < 1.29 is 19.1 Å². The maximum absolute atomic E-state index is 12.7. The maximum Gasteiger partial charge on any atom is 0.333 e. The number of nitrogens with zero attached hydrogens (tertiary/aromatic N) is 1. The molecule has 1 heterocycles. The van der Waals surface area contributed by atoms with E-state index in [0.29, 0.717) is 32.2 Å². The standard InChI is InChI=1S/C20H14BrClN2O4/c1-3-7-28-18-15(21)8-12(10-17(18)27-2)9-16-19(25)24(20(26)23-16)14-6-4-5-13(22)11-14/h1,4-6,8-11H,7H2,2H3,(H,23,26)/b16-9+. The summed E-state index contributed by atoms with van der Waals surface area (Å²) >= 11 is 9.36. The summed E-state index contributed by atoms with van der Waals surface area (Å²) in [7, 11) is 1.49. The molecule has 1 aliphatic heterocycles. The van der Waals surface area contributed by atoms with Crippen molar-refractivity contribution in [1.29, 1.82) is 0 Å². The van der Waals surface area contributed by atoms with Gasteiger partial charge in [-0.05, 0) is 57.9 Å². The van der Waals surface area contributed by atoms with E-state index in [1.807, 2.05) is 0 Å². The van der Waals surface area contributed by atoms with E-state index in [2.05, 4.69) is 27.2 Å². The molecule has 8 heteroatoms. The van der Waals surface area contributed by atoms with Crippen molar-refractivity contribution in [2.24, 2.45) is 0 Å². The first-order valence-corrected chi connectivity index (χ1v) is 9.18. The van der Waals surface area contributed by atoms with Gasteiger partial charge in [0.15, 0.2) is 11.5 Å². The lowest BCUT2D eigenvalue weighted by molar-refractivity contribution is -0.113. The number of halogens is 2. The van der Waals surface area contributed by atoms with Crippen LogP contribution in [0.4, 0.5) is 10.5 Å². The molecule has 0 atom stereocenters. The smallest absolute Gasteiger partial charge is 0.333 e. The molecule has 6 nitrogen and oxygen atoms in total. The Morgan fingerprint density at radius 3 is 2.79 bits per heavy atom. The number of ether oxygens (including phenoxy) is 2. The second-order valence-corrected chi connectivity index (χ2v) is 6.93. The SMILES string of the molecule is C#CCOc1c(Br)cc(/C=C2/NC(=O)N(c3cccc(Cl)c3)C2=O)cc1OC. The maximum atomic E-state index is 12.7. The Hall–Kier alpha value is -2.95. The van der Waals surface area contributed by atoms with Crippen LogP contribution >= 0.6 is 27.5 Å². The minimum Gasteiger partial charge on any atom is -0.493 e. The zero-order valence-corrected chi connectivity index (χ0v) is 17.0. The van der Waals surface area contributed by atoms with E-state index >= 15 is 0 Å². The topological polar surface area (TPSA) is 67.9 Å². The second-order valence-electron chi connectivity index (χ2n) is 5.64. The Labute approximate surface area is 175 Å². The quantitative estimate of drug-likeness (QED) is 0.411. The van der Waals surface area contributed by atoms with E-state index in [-0.39, 0.29) is 12.3 Å². The molecular weight excluding hydrogens is 448 g/mol. The number of hydrogen-bond donors (Lipinski definition) is 1. The number of amides is 3. The van der Waals surface area contributed by atoms with Crippen LogP contribution in [-0.2, 0) is 4.79 Å². The molecule has 142 valence electrons. The Morgan fingerprint density at radius 2 is 2.11 bits per heavy atom. The third-order valence-corrected chi connectivity index (χ3v) is 4.63. The first-order valence-electron chi connectivity index (χ1n) is 8.01. The molecule has 0 bridgehead atoms. The van der Waals surface area contributed by atoms with Crippen molar-refractivity contribution in [2.45, 2.75) is 0 Å². The van der Waals surface area contributed by atoms with Crippen molar-refractivity contribution in [3.8, 4) is 23.8 Å². The molecule has 1 fully saturated rings. The summed E-state index contributed by atoms with van der Waals surface area (Å²) in [6, 6.07) is 9.33. The van der Waals surface area contributed by atoms with Gasteiger partial charge < -0.3 is 14.8 Å². The molecule has 28 heavy (non-hydrogen) atoms. The van der Waals surface area contributed by atoms with E-state index in [1.54, 1.807) is 42.5 Å². The molecule has 3 amide bonds. The summed E-state index contributed by atoms with van der Waals surface area (Å²) in [6.07, 6.45) is 6.77. The highest BCUT2D eigenvalue weighted by Crippen LogP contribution is 2.37. The fourth-order valence-corrected chi connectivity index (χ4v) is 3.39. The summed E-state index contributed by atoms with van der Waals surface area (Å²) < 4.78 is 11.4. The van der Waals surface area contributed by atoms with Crippen LogP contribution in [0.5, 0.6) is 11.5 Å².